The van der Waals surface area contributed by atoms with E-state index in [0.717, 1.165) is 12.8 Å². The smallest absolute Gasteiger partial charge is 0.321 e. The molecule has 272 valence electrons. The van der Waals surface area contributed by atoms with E-state index in [-0.39, 0.29) is 53.9 Å². The second kappa shape index (κ2) is 17.8. The lowest BCUT2D eigenvalue weighted by Crippen LogP contribution is -2.48. The van der Waals surface area contributed by atoms with Crippen molar-refractivity contribution in [3.05, 3.63) is 77.3 Å². The van der Waals surface area contributed by atoms with Gasteiger partial charge in [-0.3, -0.25) is 9.52 Å². The summed E-state index contributed by atoms with van der Waals surface area (Å²) in [4.78, 5) is 30.6. The molecule has 50 heavy (non-hydrogen) atoms. The Hall–Kier alpha value is -4.04. The molecule has 4 atom stereocenters. The van der Waals surface area contributed by atoms with Crippen LogP contribution in [-0.2, 0) is 14.8 Å². The maximum Gasteiger partial charge on any atom is 0.321 e. The summed E-state index contributed by atoms with van der Waals surface area (Å²) >= 11 is 5.95. The monoisotopic (exact) mass is 730 g/mol. The van der Waals surface area contributed by atoms with E-state index in [1.165, 1.54) is 35.2 Å². The lowest BCUT2D eigenvalue weighted by molar-refractivity contribution is -0.0115. The van der Waals surface area contributed by atoms with Crippen LogP contribution in [0, 0.1) is 5.92 Å². The van der Waals surface area contributed by atoms with Gasteiger partial charge >= 0.3 is 6.03 Å². The van der Waals surface area contributed by atoms with Crippen molar-refractivity contribution in [1.82, 2.24) is 9.80 Å². The van der Waals surface area contributed by atoms with Crippen molar-refractivity contribution in [2.75, 3.05) is 50.5 Å². The number of fused-ring (bicyclic) bond motifs is 1. The van der Waals surface area contributed by atoms with Crippen molar-refractivity contribution >= 4 is 44.9 Å². The zero-order valence-corrected chi connectivity index (χ0v) is 30.7. The highest BCUT2D eigenvalue weighted by molar-refractivity contribution is 7.92. The van der Waals surface area contributed by atoms with E-state index in [9.17, 15) is 23.1 Å². The number of methoxy groups -OCH3 is 1. The van der Waals surface area contributed by atoms with Crippen molar-refractivity contribution in [1.29, 1.82) is 0 Å². The standard InChI is InChI=1S/C36H47ClN4O8S/c1-24-21-41(25(2)23-42)35(43)32-20-29(39-50(45,46)31-16-9-27(37)10-17-31)13-18-33(32)49-26(3)8-6-7-19-48-34(24)22-40(4)36(44)38-28-11-14-30(47-5)15-12-28/h9-18,20,24-26,34,39,42H,6-8,19,21-23H2,1-5H3,(H,38,44)/t24-,25+,26-,34-/m0/s1. The Balaban J connectivity index is 1.61. The number of halogens is 1. The predicted octanol–water partition coefficient (Wildman–Crippen LogP) is 6.11. The molecule has 0 fully saturated rings. The van der Waals surface area contributed by atoms with Gasteiger partial charge in [-0.2, -0.15) is 0 Å². The Morgan fingerprint density at radius 2 is 1.76 bits per heavy atom. The fourth-order valence-corrected chi connectivity index (χ4v) is 6.70. The Morgan fingerprint density at radius 1 is 1.08 bits per heavy atom. The van der Waals surface area contributed by atoms with Crippen LogP contribution in [0.25, 0.3) is 0 Å². The highest BCUT2D eigenvalue weighted by Crippen LogP contribution is 2.30. The molecule has 0 saturated heterocycles. The molecule has 0 saturated carbocycles. The minimum absolute atomic E-state index is 0.0104. The third kappa shape index (κ3) is 10.5. The second-order valence-electron chi connectivity index (χ2n) is 12.6. The number of sulfonamides is 1. The first-order valence-corrected chi connectivity index (χ1v) is 18.5. The summed E-state index contributed by atoms with van der Waals surface area (Å²) in [5.41, 5.74) is 0.923. The van der Waals surface area contributed by atoms with E-state index < -0.39 is 28.1 Å². The van der Waals surface area contributed by atoms with Crippen LogP contribution in [0.4, 0.5) is 16.2 Å². The Bertz CT molecular complexity index is 1690. The lowest BCUT2D eigenvalue weighted by atomic mass is 10.0. The number of carbonyl (C=O) groups is 2. The average Bonchev–Trinajstić information content (AvgIpc) is 3.09. The van der Waals surface area contributed by atoms with Crippen LogP contribution in [0.3, 0.4) is 0 Å². The number of likely N-dealkylation sites (N-methyl/N-ethyl adjacent to an activating group) is 1. The zero-order chi connectivity index (χ0) is 36.4. The van der Waals surface area contributed by atoms with Crippen LogP contribution in [0.15, 0.2) is 71.6 Å². The number of rotatable bonds is 9. The number of aliphatic hydroxyl groups excluding tert-OH is 1. The average molecular weight is 731 g/mol. The molecule has 0 unspecified atom stereocenters. The van der Waals surface area contributed by atoms with Gasteiger partial charge in [0.15, 0.2) is 0 Å². The molecule has 3 aromatic rings. The van der Waals surface area contributed by atoms with Crippen LogP contribution in [-0.4, -0.2) is 94.0 Å². The van der Waals surface area contributed by atoms with Gasteiger partial charge < -0.3 is 34.4 Å². The zero-order valence-electron chi connectivity index (χ0n) is 29.1. The molecule has 3 aromatic carbocycles. The Labute approximate surface area is 299 Å². The summed E-state index contributed by atoms with van der Waals surface area (Å²) in [6.45, 7) is 6.13. The summed E-state index contributed by atoms with van der Waals surface area (Å²) in [6.07, 6.45) is 1.53. The van der Waals surface area contributed by atoms with E-state index in [0.29, 0.717) is 35.2 Å². The SMILES string of the molecule is COc1ccc(NC(=O)N(C)C[C@@H]2OCCCC[C@H](C)Oc3ccc(NS(=O)(=O)c4ccc(Cl)cc4)cc3C(=O)N([C@H](C)CO)C[C@@H]2C)cc1. The van der Waals surface area contributed by atoms with E-state index in [1.54, 1.807) is 62.4 Å². The van der Waals surface area contributed by atoms with Gasteiger partial charge in [0.2, 0.25) is 0 Å². The molecule has 0 aromatic heterocycles. The largest absolute Gasteiger partial charge is 0.497 e. The predicted molar refractivity (Wildman–Crippen MR) is 194 cm³/mol. The van der Waals surface area contributed by atoms with E-state index in [4.69, 9.17) is 25.8 Å². The first kappa shape index (κ1) is 38.8. The number of aliphatic hydroxyl groups is 1. The summed E-state index contributed by atoms with van der Waals surface area (Å²) in [6, 6.07) is 16.4. The number of nitrogens with zero attached hydrogens (tertiary/aromatic N) is 2. The number of benzene rings is 3. The van der Waals surface area contributed by atoms with Crippen LogP contribution in [0.1, 0.15) is 50.4 Å². The Morgan fingerprint density at radius 3 is 2.42 bits per heavy atom. The molecule has 12 nitrogen and oxygen atoms in total. The molecule has 3 N–H and O–H groups in total. The highest BCUT2D eigenvalue weighted by Gasteiger charge is 2.31. The molecule has 0 spiro atoms. The van der Waals surface area contributed by atoms with E-state index in [2.05, 4.69) is 10.0 Å². The normalized spacial score (nSPS) is 19.7. The van der Waals surface area contributed by atoms with Crippen molar-refractivity contribution < 1.29 is 37.3 Å². The first-order valence-electron chi connectivity index (χ1n) is 16.6. The van der Waals surface area contributed by atoms with Crippen molar-refractivity contribution in [3.8, 4) is 11.5 Å². The molecular formula is C36H47ClN4O8S. The number of nitrogens with one attached hydrogen (secondary N) is 2. The van der Waals surface area contributed by atoms with Gasteiger partial charge in [0.1, 0.15) is 11.5 Å². The van der Waals surface area contributed by atoms with Gasteiger partial charge in [0.25, 0.3) is 15.9 Å². The summed E-state index contributed by atoms with van der Waals surface area (Å²) in [5.74, 6) is 0.254. The number of hydrogen-bond donors (Lipinski definition) is 3. The molecular weight excluding hydrogens is 684 g/mol. The number of hydrogen-bond acceptors (Lipinski definition) is 8. The van der Waals surface area contributed by atoms with Crippen LogP contribution >= 0.6 is 11.6 Å². The van der Waals surface area contributed by atoms with Gasteiger partial charge in [-0.1, -0.05) is 18.5 Å². The van der Waals surface area contributed by atoms with Crippen LogP contribution in [0.2, 0.25) is 5.02 Å². The minimum atomic E-state index is -4.00. The molecule has 3 amide bonds. The molecule has 14 heteroatoms. The van der Waals surface area contributed by atoms with Gasteiger partial charge in [0, 0.05) is 49.1 Å². The quantitative estimate of drug-likeness (QED) is 0.239. The summed E-state index contributed by atoms with van der Waals surface area (Å²) in [7, 11) is -0.745. The molecule has 1 aliphatic rings. The molecule has 1 aliphatic heterocycles. The molecule has 1 heterocycles. The van der Waals surface area contributed by atoms with Gasteiger partial charge in [-0.25, -0.2) is 13.2 Å². The first-order chi connectivity index (χ1) is 23.8. The Kier molecular flexibility index (Phi) is 13.8. The third-order valence-corrected chi connectivity index (χ3v) is 10.2. The van der Waals surface area contributed by atoms with Crippen molar-refractivity contribution in [3.63, 3.8) is 0 Å². The fraction of sp³-hybridized carbons (Fsp3) is 0.444. The van der Waals surface area contributed by atoms with Crippen LogP contribution < -0.4 is 19.5 Å². The number of urea groups is 1. The lowest BCUT2D eigenvalue weighted by Gasteiger charge is -2.35. The van der Waals surface area contributed by atoms with Gasteiger partial charge in [-0.15, -0.1) is 0 Å². The van der Waals surface area contributed by atoms with Crippen molar-refractivity contribution in [2.24, 2.45) is 5.92 Å². The molecule has 0 bridgehead atoms. The topological polar surface area (TPSA) is 147 Å². The molecule has 0 radical (unpaired) electrons. The maximum absolute atomic E-state index is 14.4. The van der Waals surface area contributed by atoms with Gasteiger partial charge in [-0.05, 0) is 99.8 Å². The van der Waals surface area contributed by atoms with Crippen molar-refractivity contribution in [2.45, 2.75) is 63.2 Å². The highest BCUT2D eigenvalue weighted by atomic mass is 35.5. The second-order valence-corrected chi connectivity index (χ2v) is 14.7. The minimum Gasteiger partial charge on any atom is -0.497 e. The number of carbonyl (C=O) groups excluding carboxylic acids is 2. The third-order valence-electron chi connectivity index (χ3n) is 8.57. The fourth-order valence-electron chi connectivity index (χ4n) is 5.52. The maximum atomic E-state index is 14.4. The number of amides is 3. The molecule has 4 rings (SSSR count). The van der Waals surface area contributed by atoms with Crippen LogP contribution in [0.5, 0.6) is 11.5 Å². The van der Waals surface area contributed by atoms with Gasteiger partial charge in [0.05, 0.1) is 42.4 Å². The number of ether oxygens (including phenoxy) is 3. The van der Waals surface area contributed by atoms with E-state index >= 15 is 0 Å². The summed E-state index contributed by atoms with van der Waals surface area (Å²) < 4.78 is 46.7. The number of anilines is 2. The van der Waals surface area contributed by atoms with E-state index in [1.807, 2.05) is 13.8 Å². The molecule has 0 aliphatic carbocycles. The summed E-state index contributed by atoms with van der Waals surface area (Å²) in [5, 5.41) is 13.5.